The topological polar surface area (TPSA) is 53.6 Å². The van der Waals surface area contributed by atoms with Gasteiger partial charge in [0, 0.05) is 37.7 Å². The van der Waals surface area contributed by atoms with E-state index < -0.39 is 24.7 Å². The highest BCUT2D eigenvalue weighted by molar-refractivity contribution is 6.31. The normalized spacial score (nSPS) is 16.6. The number of hydrogen-bond acceptors (Lipinski definition) is 4. The van der Waals surface area contributed by atoms with E-state index in [1.165, 1.54) is 17.0 Å². The molecule has 0 aliphatic carbocycles. The smallest absolute Gasteiger partial charge is 0.405 e. The Balaban J connectivity index is 0.00000364. The van der Waals surface area contributed by atoms with Crippen LogP contribution in [0.5, 0.6) is 5.75 Å². The van der Waals surface area contributed by atoms with E-state index in [-0.39, 0.29) is 42.9 Å². The lowest BCUT2D eigenvalue weighted by atomic mass is 10.1. The summed E-state index contributed by atoms with van der Waals surface area (Å²) in [4.78, 5) is 13.8. The minimum absolute atomic E-state index is 0. The number of alkyl halides is 3. The average molecular weight is 430 g/mol. The quantitative estimate of drug-likeness (QED) is 0.729. The van der Waals surface area contributed by atoms with E-state index in [0.29, 0.717) is 18.1 Å². The van der Waals surface area contributed by atoms with Crippen molar-refractivity contribution >= 4 is 29.9 Å². The summed E-state index contributed by atoms with van der Waals surface area (Å²) in [6.07, 6.45) is -4.62. The molecule has 2 rings (SSSR count). The molecule has 1 atom stereocenters. The average Bonchev–Trinajstić information content (AvgIpc) is 2.56. The molecule has 0 radical (unpaired) electrons. The lowest BCUT2D eigenvalue weighted by Crippen LogP contribution is -2.57. The first-order valence-corrected chi connectivity index (χ1v) is 8.82. The molecule has 10 heteroatoms. The van der Waals surface area contributed by atoms with Gasteiger partial charge in [0.15, 0.2) is 0 Å². The number of carbonyl (C=O) groups excluding carboxylic acids is 1. The third-order valence-electron chi connectivity index (χ3n) is 3.98. The molecule has 1 aliphatic rings. The van der Waals surface area contributed by atoms with Crippen molar-refractivity contribution in [2.75, 3.05) is 32.7 Å². The van der Waals surface area contributed by atoms with E-state index in [1.54, 1.807) is 19.9 Å². The maximum absolute atomic E-state index is 13.4. The highest BCUT2D eigenvalue weighted by atomic mass is 35.5. The summed E-state index contributed by atoms with van der Waals surface area (Å²) in [5, 5.41) is 5.71. The van der Waals surface area contributed by atoms with Crippen LogP contribution in [0.4, 0.5) is 13.2 Å². The molecule has 1 fully saturated rings. The van der Waals surface area contributed by atoms with Gasteiger partial charge in [-0.2, -0.15) is 13.2 Å². The second-order valence-corrected chi connectivity index (χ2v) is 6.80. The van der Waals surface area contributed by atoms with Crippen LogP contribution in [0.3, 0.4) is 0 Å². The van der Waals surface area contributed by atoms with Crippen LogP contribution in [-0.4, -0.2) is 61.9 Å². The van der Waals surface area contributed by atoms with Crippen LogP contribution >= 0.6 is 24.0 Å². The molecule has 0 saturated carbocycles. The van der Waals surface area contributed by atoms with Gasteiger partial charge in [0.25, 0.3) is 5.91 Å². The van der Waals surface area contributed by atoms with Crippen LogP contribution in [0, 0.1) is 0 Å². The van der Waals surface area contributed by atoms with Crippen LogP contribution in [0.25, 0.3) is 0 Å². The zero-order valence-electron chi connectivity index (χ0n) is 15.1. The Morgan fingerprint density at radius 1 is 1.33 bits per heavy atom. The number of benzene rings is 1. The fourth-order valence-electron chi connectivity index (χ4n) is 2.77. The van der Waals surface area contributed by atoms with Gasteiger partial charge < -0.3 is 15.4 Å². The molecule has 1 amide bonds. The monoisotopic (exact) mass is 429 g/mol. The summed E-state index contributed by atoms with van der Waals surface area (Å²) < 4.78 is 45.8. The molecule has 154 valence electrons. The molecule has 5 nitrogen and oxygen atoms in total. The van der Waals surface area contributed by atoms with Crippen LogP contribution in [-0.2, 0) is 0 Å². The zero-order chi connectivity index (χ0) is 19.3. The number of hydrogen-bond donors (Lipinski definition) is 2. The van der Waals surface area contributed by atoms with Gasteiger partial charge in [-0.3, -0.25) is 9.69 Å². The highest BCUT2D eigenvalue weighted by Crippen LogP contribution is 2.26. The first kappa shape index (κ1) is 23.8. The minimum atomic E-state index is -4.43. The van der Waals surface area contributed by atoms with Crippen molar-refractivity contribution in [3.05, 3.63) is 28.8 Å². The summed E-state index contributed by atoms with van der Waals surface area (Å²) in [6.45, 7) is 4.58. The number of nitrogens with zero attached hydrogens (tertiary/aromatic N) is 1. The molecular formula is C17H24Cl2F3N3O2. The molecule has 0 spiro atoms. The predicted octanol–water partition coefficient (Wildman–Crippen LogP) is 3.11. The molecule has 2 N–H and O–H groups in total. The van der Waals surface area contributed by atoms with Crippen LogP contribution in [0.1, 0.15) is 24.2 Å². The van der Waals surface area contributed by atoms with Gasteiger partial charge >= 0.3 is 6.18 Å². The fraction of sp³-hybridized carbons (Fsp3) is 0.588. The molecule has 1 aliphatic heterocycles. The number of rotatable bonds is 6. The summed E-state index contributed by atoms with van der Waals surface area (Å²) in [5.74, 6) is -0.361. The lowest BCUT2D eigenvalue weighted by molar-refractivity contribution is -0.183. The molecule has 27 heavy (non-hydrogen) atoms. The predicted molar refractivity (Wildman–Crippen MR) is 101 cm³/mol. The lowest BCUT2D eigenvalue weighted by Gasteiger charge is -2.35. The van der Waals surface area contributed by atoms with Gasteiger partial charge in [-0.05, 0) is 32.0 Å². The number of piperazine rings is 1. The van der Waals surface area contributed by atoms with E-state index in [1.807, 2.05) is 0 Å². The summed E-state index contributed by atoms with van der Waals surface area (Å²) in [6, 6.07) is 2.76. The second kappa shape index (κ2) is 10.4. The van der Waals surface area contributed by atoms with E-state index in [4.69, 9.17) is 16.3 Å². The molecule has 1 unspecified atom stereocenters. The van der Waals surface area contributed by atoms with Crippen molar-refractivity contribution in [1.29, 1.82) is 0 Å². The van der Waals surface area contributed by atoms with Crippen LogP contribution in [0.2, 0.25) is 5.02 Å². The number of amides is 1. The van der Waals surface area contributed by atoms with Gasteiger partial charge in [0.2, 0.25) is 0 Å². The Morgan fingerprint density at radius 2 is 1.96 bits per heavy atom. The Bertz CT molecular complexity index is 624. The molecule has 0 bridgehead atoms. The van der Waals surface area contributed by atoms with E-state index >= 15 is 0 Å². The minimum Gasteiger partial charge on any atom is -0.490 e. The van der Waals surface area contributed by atoms with Crippen molar-refractivity contribution in [2.45, 2.75) is 32.2 Å². The number of ether oxygens (including phenoxy) is 1. The van der Waals surface area contributed by atoms with Crippen LogP contribution in [0.15, 0.2) is 18.2 Å². The molecule has 0 aromatic heterocycles. The number of halogens is 5. The first-order valence-electron chi connectivity index (χ1n) is 8.44. The third-order valence-corrected chi connectivity index (χ3v) is 4.21. The second-order valence-electron chi connectivity index (χ2n) is 6.36. The van der Waals surface area contributed by atoms with Crippen molar-refractivity contribution in [3.63, 3.8) is 0 Å². The molecule has 1 saturated heterocycles. The fourth-order valence-corrected chi connectivity index (χ4v) is 2.94. The van der Waals surface area contributed by atoms with Crippen molar-refractivity contribution in [3.8, 4) is 5.75 Å². The van der Waals surface area contributed by atoms with Crippen molar-refractivity contribution in [1.82, 2.24) is 15.5 Å². The van der Waals surface area contributed by atoms with E-state index in [0.717, 1.165) is 0 Å². The standard InChI is InChI=1S/C17H23ClF3N3O2.ClH/c1-11(2)26-14-4-3-12(18)9-13(14)16(25)23-10-15(17(19,20)21)24-7-5-22-6-8-24;/h3-4,9,11,15,22H,5-8,10H2,1-2H3,(H,23,25);1H. The third kappa shape index (κ3) is 7.03. The Morgan fingerprint density at radius 3 is 2.52 bits per heavy atom. The Labute approximate surface area is 168 Å². The summed E-state index contributed by atoms with van der Waals surface area (Å²) in [5.41, 5.74) is 0.118. The maximum Gasteiger partial charge on any atom is 0.405 e. The number of carbonyl (C=O) groups is 1. The van der Waals surface area contributed by atoms with Gasteiger partial charge in [0.1, 0.15) is 11.8 Å². The molecular weight excluding hydrogens is 406 g/mol. The van der Waals surface area contributed by atoms with Crippen molar-refractivity contribution in [2.24, 2.45) is 0 Å². The van der Waals surface area contributed by atoms with Gasteiger partial charge in [-0.1, -0.05) is 11.6 Å². The summed E-state index contributed by atoms with van der Waals surface area (Å²) in [7, 11) is 0. The van der Waals surface area contributed by atoms with Crippen molar-refractivity contribution < 1.29 is 22.7 Å². The van der Waals surface area contributed by atoms with Gasteiger partial charge in [-0.25, -0.2) is 0 Å². The summed E-state index contributed by atoms with van der Waals surface area (Å²) >= 11 is 5.92. The molecule has 1 aromatic rings. The molecule has 1 aromatic carbocycles. The SMILES string of the molecule is CC(C)Oc1ccc(Cl)cc1C(=O)NCC(N1CCNCC1)C(F)(F)F.Cl. The first-order chi connectivity index (χ1) is 12.2. The Kier molecular flexibility index (Phi) is 9.14. The zero-order valence-corrected chi connectivity index (χ0v) is 16.7. The largest absolute Gasteiger partial charge is 0.490 e. The Hall–Kier alpha value is -1.22. The number of nitrogens with one attached hydrogen (secondary N) is 2. The van der Waals surface area contributed by atoms with Gasteiger partial charge in [0.05, 0.1) is 11.7 Å². The molecule has 1 heterocycles. The van der Waals surface area contributed by atoms with E-state index in [9.17, 15) is 18.0 Å². The highest BCUT2D eigenvalue weighted by Gasteiger charge is 2.43. The van der Waals surface area contributed by atoms with Crippen LogP contribution < -0.4 is 15.4 Å². The van der Waals surface area contributed by atoms with Gasteiger partial charge in [-0.15, -0.1) is 12.4 Å². The maximum atomic E-state index is 13.4. The van der Waals surface area contributed by atoms with E-state index in [2.05, 4.69) is 10.6 Å².